The summed E-state index contributed by atoms with van der Waals surface area (Å²) < 4.78 is 13.4. The van der Waals surface area contributed by atoms with E-state index in [1.165, 1.54) is 6.07 Å². The number of phenolic OH excluding ortho intramolecular Hbond substituents is 1. The highest BCUT2D eigenvalue weighted by Crippen LogP contribution is 2.30. The Kier molecular flexibility index (Phi) is 4.63. The van der Waals surface area contributed by atoms with Gasteiger partial charge in [-0.3, -0.25) is 4.79 Å². The van der Waals surface area contributed by atoms with Gasteiger partial charge in [0, 0.05) is 23.7 Å². The largest absolute Gasteiger partial charge is 0.507 e. The first-order valence-corrected chi connectivity index (χ1v) is 5.44. The van der Waals surface area contributed by atoms with Gasteiger partial charge in [0.2, 0.25) is 0 Å². The molecule has 0 aromatic heterocycles. The molecule has 0 fully saturated rings. The summed E-state index contributed by atoms with van der Waals surface area (Å²) in [6.45, 7) is 0.344. The van der Waals surface area contributed by atoms with Gasteiger partial charge in [-0.25, -0.2) is 4.39 Å². The van der Waals surface area contributed by atoms with Crippen LogP contribution >= 0.6 is 0 Å². The lowest BCUT2D eigenvalue weighted by Crippen LogP contribution is -2.17. The maximum Gasteiger partial charge on any atom is 0.305 e. The molecule has 1 aromatic carbocycles. The van der Waals surface area contributed by atoms with Crippen LogP contribution in [0.1, 0.15) is 23.6 Å². The number of aliphatic carboxylic acids is 1. The zero-order valence-corrected chi connectivity index (χ0v) is 10.4. The van der Waals surface area contributed by atoms with E-state index in [-0.39, 0.29) is 17.7 Å². The number of carboxylic acid groups (broad SMARTS) is 1. The number of nitrogens with two attached hydrogens (primary N) is 1. The molecule has 1 unspecified atom stereocenters. The molecule has 0 aliphatic heterocycles. The zero-order valence-electron chi connectivity index (χ0n) is 10.4. The first kappa shape index (κ1) is 14.4. The second-order valence-electron chi connectivity index (χ2n) is 4.44. The molecule has 0 saturated heterocycles. The molecule has 1 rings (SSSR count). The van der Waals surface area contributed by atoms with E-state index >= 15 is 0 Å². The Morgan fingerprint density at radius 1 is 1.50 bits per heavy atom. The Labute approximate surface area is 105 Å². The second kappa shape index (κ2) is 5.79. The molecule has 0 heterocycles. The molecule has 0 bridgehead atoms. The van der Waals surface area contributed by atoms with Crippen LogP contribution in [0, 0.1) is 5.82 Å². The molecule has 1 aromatic rings. The van der Waals surface area contributed by atoms with Crippen LogP contribution in [0.5, 0.6) is 5.75 Å². The van der Waals surface area contributed by atoms with E-state index in [9.17, 15) is 14.3 Å². The van der Waals surface area contributed by atoms with Crippen LogP contribution in [0.15, 0.2) is 12.1 Å². The molecule has 100 valence electrons. The van der Waals surface area contributed by atoms with E-state index in [2.05, 4.69) is 0 Å². The molecular formula is C12H17FN2O3. The third-order valence-corrected chi connectivity index (χ3v) is 2.46. The first-order chi connectivity index (χ1) is 8.31. The molecule has 5 nitrogen and oxygen atoms in total. The Bertz CT molecular complexity index is 449. The lowest BCUT2D eigenvalue weighted by atomic mass is 10.00. The van der Waals surface area contributed by atoms with Crippen molar-refractivity contribution in [3.8, 4) is 5.75 Å². The van der Waals surface area contributed by atoms with Crippen LogP contribution in [-0.2, 0) is 11.3 Å². The summed E-state index contributed by atoms with van der Waals surface area (Å²) in [6, 6.07) is 1.35. The lowest BCUT2D eigenvalue weighted by Gasteiger charge is -2.17. The number of aromatic hydroxyl groups is 1. The van der Waals surface area contributed by atoms with Gasteiger partial charge in [-0.05, 0) is 26.2 Å². The van der Waals surface area contributed by atoms with Gasteiger partial charge in [0.25, 0.3) is 0 Å². The summed E-state index contributed by atoms with van der Waals surface area (Å²) in [6.07, 6.45) is -0.363. The minimum atomic E-state index is -1.10. The van der Waals surface area contributed by atoms with E-state index in [1.807, 2.05) is 0 Å². The van der Waals surface area contributed by atoms with Crippen molar-refractivity contribution >= 4 is 5.97 Å². The van der Waals surface area contributed by atoms with E-state index in [4.69, 9.17) is 10.8 Å². The molecule has 1 atom stereocenters. The lowest BCUT2D eigenvalue weighted by molar-refractivity contribution is -0.137. The van der Waals surface area contributed by atoms with Gasteiger partial charge < -0.3 is 20.8 Å². The van der Waals surface area contributed by atoms with E-state index in [1.54, 1.807) is 19.0 Å². The highest BCUT2D eigenvalue weighted by Gasteiger charge is 2.18. The molecule has 0 aliphatic rings. The van der Waals surface area contributed by atoms with Crippen molar-refractivity contribution in [3.05, 3.63) is 29.1 Å². The Hall–Kier alpha value is -1.66. The third-order valence-electron chi connectivity index (χ3n) is 2.46. The summed E-state index contributed by atoms with van der Waals surface area (Å²) in [4.78, 5) is 12.3. The molecule has 18 heavy (non-hydrogen) atoms. The van der Waals surface area contributed by atoms with Gasteiger partial charge in [-0.1, -0.05) is 0 Å². The van der Waals surface area contributed by atoms with Gasteiger partial charge in [-0.2, -0.15) is 0 Å². The van der Waals surface area contributed by atoms with Gasteiger partial charge in [0.15, 0.2) is 0 Å². The molecule has 4 N–H and O–H groups in total. The van der Waals surface area contributed by atoms with Crippen molar-refractivity contribution in [2.45, 2.75) is 19.0 Å². The second-order valence-corrected chi connectivity index (χ2v) is 4.44. The summed E-state index contributed by atoms with van der Waals surface area (Å²) >= 11 is 0. The summed E-state index contributed by atoms with van der Waals surface area (Å²) in [5, 5.41) is 18.6. The highest BCUT2D eigenvalue weighted by molar-refractivity contribution is 5.68. The number of carbonyl (C=O) groups is 1. The van der Waals surface area contributed by atoms with Crippen molar-refractivity contribution in [2.24, 2.45) is 5.73 Å². The van der Waals surface area contributed by atoms with Crippen molar-refractivity contribution in [3.63, 3.8) is 0 Å². The summed E-state index contributed by atoms with van der Waals surface area (Å²) in [7, 11) is 3.56. The molecule has 0 radical (unpaired) electrons. The normalized spacial score (nSPS) is 12.7. The van der Waals surface area contributed by atoms with Crippen LogP contribution in [-0.4, -0.2) is 35.2 Å². The zero-order chi connectivity index (χ0) is 13.9. The average Bonchev–Trinajstić information content (AvgIpc) is 2.20. The molecule has 0 saturated carbocycles. The highest BCUT2D eigenvalue weighted by atomic mass is 19.1. The van der Waals surface area contributed by atoms with Crippen molar-refractivity contribution in [1.82, 2.24) is 4.90 Å². The number of halogens is 1. The van der Waals surface area contributed by atoms with Gasteiger partial charge in [0.1, 0.15) is 11.6 Å². The van der Waals surface area contributed by atoms with Gasteiger partial charge in [-0.15, -0.1) is 0 Å². The van der Waals surface area contributed by atoms with Crippen LogP contribution in [0.4, 0.5) is 4.39 Å². The number of hydrogen-bond acceptors (Lipinski definition) is 4. The molecule has 6 heteroatoms. The standard InChI is InChI=1S/C12H17FN2O3/c1-15(2)6-7-3-8(13)4-9(12(7)18)10(14)5-11(16)17/h3-4,10,18H,5-6,14H2,1-2H3,(H,16,17). The maximum absolute atomic E-state index is 13.4. The van der Waals surface area contributed by atoms with E-state index in [0.29, 0.717) is 12.1 Å². The monoisotopic (exact) mass is 256 g/mol. The number of nitrogens with zero attached hydrogens (tertiary/aromatic N) is 1. The SMILES string of the molecule is CN(C)Cc1cc(F)cc(C(N)CC(=O)O)c1O. The fourth-order valence-electron chi connectivity index (χ4n) is 1.72. The molecular weight excluding hydrogens is 239 g/mol. The number of phenols is 1. The van der Waals surface area contributed by atoms with Crippen molar-refractivity contribution in [1.29, 1.82) is 0 Å². The Morgan fingerprint density at radius 2 is 2.11 bits per heavy atom. The minimum absolute atomic E-state index is 0.120. The number of rotatable bonds is 5. The van der Waals surface area contributed by atoms with Crippen LogP contribution in [0.25, 0.3) is 0 Å². The fourth-order valence-corrected chi connectivity index (χ4v) is 1.72. The number of hydrogen-bond donors (Lipinski definition) is 3. The molecule has 0 aliphatic carbocycles. The maximum atomic E-state index is 13.4. The van der Waals surface area contributed by atoms with E-state index in [0.717, 1.165) is 6.07 Å². The topological polar surface area (TPSA) is 86.8 Å². The Morgan fingerprint density at radius 3 is 2.61 bits per heavy atom. The van der Waals surface area contributed by atoms with Crippen LogP contribution < -0.4 is 5.73 Å². The number of carboxylic acids is 1. The smallest absolute Gasteiger partial charge is 0.305 e. The average molecular weight is 256 g/mol. The fraction of sp³-hybridized carbons (Fsp3) is 0.417. The summed E-state index contributed by atoms with van der Waals surface area (Å²) in [5.41, 5.74) is 6.15. The van der Waals surface area contributed by atoms with Crippen LogP contribution in [0.3, 0.4) is 0 Å². The van der Waals surface area contributed by atoms with Gasteiger partial charge >= 0.3 is 5.97 Å². The van der Waals surface area contributed by atoms with Crippen molar-refractivity contribution in [2.75, 3.05) is 14.1 Å². The predicted molar refractivity (Wildman–Crippen MR) is 64.6 cm³/mol. The first-order valence-electron chi connectivity index (χ1n) is 5.44. The van der Waals surface area contributed by atoms with Crippen molar-refractivity contribution < 1.29 is 19.4 Å². The molecule has 0 spiro atoms. The van der Waals surface area contributed by atoms with E-state index < -0.39 is 17.8 Å². The Balaban J connectivity index is 3.11. The summed E-state index contributed by atoms with van der Waals surface area (Å²) in [5.74, 6) is -1.78. The minimum Gasteiger partial charge on any atom is -0.507 e. The van der Waals surface area contributed by atoms with Gasteiger partial charge in [0.05, 0.1) is 6.42 Å². The number of benzene rings is 1. The molecule has 0 amide bonds. The third kappa shape index (κ3) is 3.68. The predicted octanol–water partition coefficient (Wildman–Crippen LogP) is 1.07. The quantitative estimate of drug-likeness (QED) is 0.733. The van der Waals surface area contributed by atoms with Crippen LogP contribution in [0.2, 0.25) is 0 Å².